The van der Waals surface area contributed by atoms with Gasteiger partial charge in [-0.05, 0) is 60.5 Å². The first-order valence-corrected chi connectivity index (χ1v) is 9.76. The van der Waals surface area contributed by atoms with Gasteiger partial charge in [0.1, 0.15) is 0 Å². The fraction of sp³-hybridized carbons (Fsp3) is 0.130. The normalized spacial score (nSPS) is 11.1. The molecule has 0 radical (unpaired) electrons. The molecule has 0 aromatic heterocycles. The van der Waals surface area contributed by atoms with Crippen LogP contribution in [0.15, 0.2) is 66.7 Å². The van der Waals surface area contributed by atoms with Gasteiger partial charge in [-0.2, -0.15) is 13.2 Å². The number of rotatable bonds is 5. The van der Waals surface area contributed by atoms with Gasteiger partial charge in [0.25, 0.3) is 11.8 Å². The number of aryl methyl sites for hydroxylation is 1. The molecule has 0 bridgehead atoms. The average Bonchev–Trinajstić information content (AvgIpc) is 2.75. The van der Waals surface area contributed by atoms with Crippen LogP contribution in [0, 0.1) is 6.92 Å². The van der Waals surface area contributed by atoms with Crippen LogP contribution in [0.1, 0.15) is 37.4 Å². The van der Waals surface area contributed by atoms with E-state index in [1.165, 1.54) is 12.1 Å². The molecule has 3 aromatic carbocycles. The molecule has 31 heavy (non-hydrogen) atoms. The summed E-state index contributed by atoms with van der Waals surface area (Å²) in [6, 6.07) is 15.9. The Morgan fingerprint density at radius 2 is 1.52 bits per heavy atom. The average molecular weight is 447 g/mol. The number of amides is 2. The quantitative estimate of drug-likeness (QED) is 0.454. The van der Waals surface area contributed by atoms with E-state index in [1.54, 1.807) is 49.4 Å². The zero-order valence-electron chi connectivity index (χ0n) is 16.4. The van der Waals surface area contributed by atoms with Crippen molar-refractivity contribution in [1.82, 2.24) is 0 Å². The van der Waals surface area contributed by atoms with Gasteiger partial charge in [-0.15, -0.1) is 11.6 Å². The number of halogens is 4. The molecule has 4 nitrogen and oxygen atoms in total. The second kappa shape index (κ2) is 9.22. The van der Waals surface area contributed by atoms with E-state index < -0.39 is 17.6 Å². The van der Waals surface area contributed by atoms with Crippen molar-refractivity contribution in [3.63, 3.8) is 0 Å². The lowest BCUT2D eigenvalue weighted by Crippen LogP contribution is -2.15. The van der Waals surface area contributed by atoms with Gasteiger partial charge in [0, 0.05) is 28.4 Å². The molecule has 160 valence electrons. The SMILES string of the molecule is Cc1ccc(NC(=O)c2cccc(C(F)(F)F)c2)cc1NC(=O)c1cccc(CCl)c1. The Labute approximate surface area is 182 Å². The zero-order chi connectivity index (χ0) is 22.6. The number of benzene rings is 3. The first kappa shape index (κ1) is 22.4. The smallest absolute Gasteiger partial charge is 0.322 e. The van der Waals surface area contributed by atoms with Gasteiger partial charge < -0.3 is 10.6 Å². The third-order valence-electron chi connectivity index (χ3n) is 4.54. The molecule has 0 saturated carbocycles. The Bertz CT molecular complexity index is 1130. The number of alkyl halides is 4. The van der Waals surface area contributed by atoms with Crippen molar-refractivity contribution in [2.24, 2.45) is 0 Å². The summed E-state index contributed by atoms with van der Waals surface area (Å²) >= 11 is 5.81. The van der Waals surface area contributed by atoms with E-state index in [4.69, 9.17) is 11.6 Å². The largest absolute Gasteiger partial charge is 0.416 e. The van der Waals surface area contributed by atoms with Crippen LogP contribution in [0.3, 0.4) is 0 Å². The molecule has 8 heteroatoms. The second-order valence-corrected chi connectivity index (χ2v) is 7.12. The number of nitrogens with one attached hydrogen (secondary N) is 2. The van der Waals surface area contributed by atoms with Crippen molar-refractivity contribution in [3.05, 3.63) is 94.5 Å². The van der Waals surface area contributed by atoms with Crippen molar-refractivity contribution in [2.75, 3.05) is 10.6 Å². The molecule has 0 spiro atoms. The van der Waals surface area contributed by atoms with Gasteiger partial charge in [0.2, 0.25) is 0 Å². The predicted octanol–water partition coefficient (Wildman–Crippen LogP) is 6.26. The maximum atomic E-state index is 12.9. The minimum atomic E-state index is -4.54. The second-order valence-electron chi connectivity index (χ2n) is 6.85. The Morgan fingerprint density at radius 1 is 0.871 bits per heavy atom. The minimum Gasteiger partial charge on any atom is -0.322 e. The van der Waals surface area contributed by atoms with Crippen LogP contribution in [0.4, 0.5) is 24.5 Å². The van der Waals surface area contributed by atoms with Gasteiger partial charge in [0.15, 0.2) is 0 Å². The summed E-state index contributed by atoms with van der Waals surface area (Å²) in [6.07, 6.45) is -4.54. The van der Waals surface area contributed by atoms with Gasteiger partial charge in [-0.25, -0.2) is 0 Å². The molecule has 0 atom stereocenters. The Morgan fingerprint density at radius 3 is 2.19 bits per heavy atom. The lowest BCUT2D eigenvalue weighted by Gasteiger charge is -2.13. The molecule has 0 aliphatic heterocycles. The van der Waals surface area contributed by atoms with Gasteiger partial charge in [-0.3, -0.25) is 9.59 Å². The van der Waals surface area contributed by atoms with Crippen molar-refractivity contribution < 1.29 is 22.8 Å². The number of hydrogen-bond donors (Lipinski definition) is 2. The van der Waals surface area contributed by atoms with E-state index in [9.17, 15) is 22.8 Å². The molecule has 2 amide bonds. The highest BCUT2D eigenvalue weighted by Gasteiger charge is 2.30. The van der Waals surface area contributed by atoms with E-state index in [0.717, 1.165) is 23.3 Å². The summed E-state index contributed by atoms with van der Waals surface area (Å²) < 4.78 is 38.7. The van der Waals surface area contributed by atoms with E-state index in [2.05, 4.69) is 10.6 Å². The molecule has 0 fully saturated rings. The fourth-order valence-corrected chi connectivity index (χ4v) is 3.03. The number of anilines is 2. The zero-order valence-corrected chi connectivity index (χ0v) is 17.1. The molecular formula is C23H18ClF3N2O2. The molecule has 0 aliphatic rings. The predicted molar refractivity (Wildman–Crippen MR) is 115 cm³/mol. The molecular weight excluding hydrogens is 429 g/mol. The Balaban J connectivity index is 1.78. The van der Waals surface area contributed by atoms with Gasteiger partial charge in [-0.1, -0.05) is 24.3 Å². The van der Waals surface area contributed by atoms with E-state index in [-0.39, 0.29) is 17.4 Å². The van der Waals surface area contributed by atoms with Crippen LogP contribution in [0.2, 0.25) is 0 Å². The van der Waals surface area contributed by atoms with Crippen LogP contribution < -0.4 is 10.6 Å². The first-order chi connectivity index (χ1) is 14.7. The van der Waals surface area contributed by atoms with Gasteiger partial charge in [0.05, 0.1) is 5.56 Å². The van der Waals surface area contributed by atoms with Crippen LogP contribution >= 0.6 is 11.6 Å². The summed E-state index contributed by atoms with van der Waals surface area (Å²) in [7, 11) is 0. The van der Waals surface area contributed by atoms with Gasteiger partial charge >= 0.3 is 6.18 Å². The highest BCUT2D eigenvalue weighted by molar-refractivity contribution is 6.17. The Kier molecular flexibility index (Phi) is 6.65. The highest BCUT2D eigenvalue weighted by Crippen LogP contribution is 2.30. The minimum absolute atomic E-state index is 0.126. The summed E-state index contributed by atoms with van der Waals surface area (Å²) in [6.45, 7) is 1.78. The topological polar surface area (TPSA) is 58.2 Å². The first-order valence-electron chi connectivity index (χ1n) is 9.23. The van der Waals surface area contributed by atoms with Crippen LogP contribution in [0.25, 0.3) is 0 Å². The lowest BCUT2D eigenvalue weighted by molar-refractivity contribution is -0.137. The summed E-state index contributed by atoms with van der Waals surface area (Å²) in [5.41, 5.74) is 1.74. The third-order valence-corrected chi connectivity index (χ3v) is 4.85. The molecule has 2 N–H and O–H groups in total. The molecule has 0 unspecified atom stereocenters. The van der Waals surface area contributed by atoms with Crippen LogP contribution in [0.5, 0.6) is 0 Å². The van der Waals surface area contributed by atoms with Crippen molar-refractivity contribution in [1.29, 1.82) is 0 Å². The maximum absolute atomic E-state index is 12.9. The van der Waals surface area contributed by atoms with Crippen LogP contribution in [-0.2, 0) is 12.1 Å². The number of hydrogen-bond acceptors (Lipinski definition) is 2. The van der Waals surface area contributed by atoms with Crippen LogP contribution in [-0.4, -0.2) is 11.8 Å². The summed E-state index contributed by atoms with van der Waals surface area (Å²) in [5.74, 6) is -0.768. The molecule has 0 aliphatic carbocycles. The molecule has 3 rings (SSSR count). The lowest BCUT2D eigenvalue weighted by atomic mass is 10.1. The molecule has 0 heterocycles. The summed E-state index contributed by atoms with van der Waals surface area (Å²) in [5, 5.41) is 5.34. The number of carbonyl (C=O) groups is 2. The highest BCUT2D eigenvalue weighted by atomic mass is 35.5. The molecule has 0 saturated heterocycles. The van der Waals surface area contributed by atoms with E-state index >= 15 is 0 Å². The third kappa shape index (κ3) is 5.64. The van der Waals surface area contributed by atoms with Crippen molar-refractivity contribution in [3.8, 4) is 0 Å². The van der Waals surface area contributed by atoms with E-state index in [0.29, 0.717) is 16.9 Å². The Hall–Kier alpha value is -3.32. The van der Waals surface area contributed by atoms with E-state index in [1.807, 2.05) is 0 Å². The fourth-order valence-electron chi connectivity index (χ4n) is 2.86. The van der Waals surface area contributed by atoms with Crippen molar-refractivity contribution >= 4 is 34.8 Å². The number of carbonyl (C=O) groups excluding carboxylic acids is 2. The summed E-state index contributed by atoms with van der Waals surface area (Å²) in [4.78, 5) is 25.0. The van der Waals surface area contributed by atoms with Crippen molar-refractivity contribution in [2.45, 2.75) is 19.0 Å². The maximum Gasteiger partial charge on any atom is 0.416 e. The monoisotopic (exact) mass is 446 g/mol. The standard InChI is InChI=1S/C23H18ClF3N2O2/c1-14-8-9-19(28-21(30)17-6-3-7-18(11-17)23(25,26)27)12-20(14)29-22(31)16-5-2-4-15(10-16)13-24/h2-12H,13H2,1H3,(H,28,30)(H,29,31). The molecule has 3 aromatic rings.